The minimum absolute atomic E-state index is 0.0612. The van der Waals surface area contributed by atoms with Crippen LogP contribution in [0.25, 0.3) is 11.2 Å². The molecule has 1 saturated heterocycles. The number of aliphatic hydroxyl groups excluding tert-OH is 1. The van der Waals surface area contributed by atoms with Crippen LogP contribution < -0.4 is 5.32 Å². The maximum atomic E-state index is 9.82. The number of imidazole rings is 1. The van der Waals surface area contributed by atoms with Crippen LogP contribution in [0.5, 0.6) is 0 Å². The zero-order chi connectivity index (χ0) is 19.0. The molecule has 2 aromatic heterocycles. The number of aromatic nitrogens is 4. The van der Waals surface area contributed by atoms with Crippen LogP contribution in [0.3, 0.4) is 0 Å². The first-order chi connectivity index (χ1) is 13.6. The van der Waals surface area contributed by atoms with Gasteiger partial charge in [-0.2, -0.15) is 9.97 Å². The van der Waals surface area contributed by atoms with Gasteiger partial charge in [0.05, 0.1) is 25.1 Å². The highest BCUT2D eigenvalue weighted by Gasteiger charge is 2.79. The fourth-order valence-corrected chi connectivity index (χ4v) is 5.67. The van der Waals surface area contributed by atoms with Gasteiger partial charge in [0.1, 0.15) is 6.10 Å². The summed E-state index contributed by atoms with van der Waals surface area (Å²) in [4.78, 5) is 13.4. The summed E-state index contributed by atoms with van der Waals surface area (Å²) in [7, 11) is 0. The molecule has 0 unspecified atom stereocenters. The third kappa shape index (κ3) is 2.44. The molecule has 1 aliphatic heterocycles. The Labute approximate surface area is 179 Å². The van der Waals surface area contributed by atoms with Crippen molar-refractivity contribution in [1.29, 1.82) is 0 Å². The third-order valence-corrected chi connectivity index (χ3v) is 7.22. The summed E-state index contributed by atoms with van der Waals surface area (Å²) in [5, 5.41) is 13.4. The second kappa shape index (κ2) is 6.01. The first-order valence-corrected chi connectivity index (χ1v) is 10.7. The average molecular weight is 510 g/mol. The van der Waals surface area contributed by atoms with Crippen LogP contribution >= 0.6 is 34.2 Å². The van der Waals surface area contributed by atoms with Gasteiger partial charge in [0.15, 0.2) is 17.0 Å². The van der Waals surface area contributed by atoms with Crippen molar-refractivity contribution in [3.8, 4) is 0 Å². The quantitative estimate of drug-likeness (QED) is 0.312. The molecule has 5 atom stereocenters. The van der Waals surface area contributed by atoms with Gasteiger partial charge in [0.25, 0.3) is 0 Å². The molecule has 0 bridgehead atoms. The molecule has 3 fully saturated rings. The second-order valence-corrected chi connectivity index (χ2v) is 9.45. The smallest absolute Gasteiger partial charge is 0.226 e. The van der Waals surface area contributed by atoms with E-state index < -0.39 is 0 Å². The summed E-state index contributed by atoms with van der Waals surface area (Å²) in [5.41, 5.74) is 2.51. The molecule has 3 heterocycles. The number of anilines is 1. The lowest BCUT2D eigenvalue weighted by atomic mass is 10.1. The summed E-state index contributed by atoms with van der Waals surface area (Å²) in [6, 6.07) is 8.43. The first kappa shape index (κ1) is 17.4. The van der Waals surface area contributed by atoms with E-state index in [1.807, 2.05) is 12.4 Å². The van der Waals surface area contributed by atoms with E-state index in [1.165, 1.54) is 3.57 Å². The van der Waals surface area contributed by atoms with Crippen molar-refractivity contribution >= 4 is 51.2 Å². The van der Waals surface area contributed by atoms with E-state index >= 15 is 0 Å². The number of ether oxygens (including phenoxy) is 1. The Balaban J connectivity index is 1.34. The van der Waals surface area contributed by atoms with Gasteiger partial charge in [0, 0.05) is 15.5 Å². The lowest BCUT2D eigenvalue weighted by molar-refractivity contribution is 0.141. The maximum absolute atomic E-state index is 9.82. The Morgan fingerprint density at radius 3 is 3.07 bits per heavy atom. The summed E-state index contributed by atoms with van der Waals surface area (Å²) in [5.74, 6) is 1.04. The molecule has 0 amide bonds. The molecule has 2 N–H and O–H groups in total. The van der Waals surface area contributed by atoms with E-state index in [0.717, 1.165) is 12.0 Å². The van der Waals surface area contributed by atoms with Crippen molar-refractivity contribution in [1.82, 2.24) is 19.5 Å². The minimum Gasteiger partial charge on any atom is -0.396 e. The number of hydrogen-bond donors (Lipinski definition) is 2. The summed E-state index contributed by atoms with van der Waals surface area (Å²) < 4.78 is 9.12. The topological polar surface area (TPSA) is 88.4 Å². The van der Waals surface area contributed by atoms with Crippen LogP contribution in [-0.4, -0.2) is 43.4 Å². The van der Waals surface area contributed by atoms with E-state index in [1.54, 1.807) is 0 Å². The summed E-state index contributed by atoms with van der Waals surface area (Å²) in [6.07, 6.45) is 3.10. The lowest BCUT2D eigenvalue weighted by Gasteiger charge is -2.16. The van der Waals surface area contributed by atoms with E-state index in [9.17, 15) is 5.11 Å². The monoisotopic (exact) mass is 509 g/mol. The Morgan fingerprint density at radius 2 is 2.29 bits per heavy atom. The summed E-state index contributed by atoms with van der Waals surface area (Å²) in [6.45, 7) is 0.806. The molecule has 0 spiro atoms. The predicted molar refractivity (Wildman–Crippen MR) is 112 cm³/mol. The zero-order valence-corrected chi connectivity index (χ0v) is 17.6. The van der Waals surface area contributed by atoms with Crippen LogP contribution in [0.1, 0.15) is 18.0 Å². The number of benzene rings is 1. The van der Waals surface area contributed by atoms with Crippen LogP contribution in [0.15, 0.2) is 30.6 Å². The Bertz CT molecular complexity index is 1110. The normalized spacial score (nSPS) is 32.2. The molecule has 7 nitrogen and oxygen atoms in total. The fourth-order valence-electron chi connectivity index (χ4n) is 4.90. The second-order valence-electron chi connectivity index (χ2n) is 7.86. The van der Waals surface area contributed by atoms with Crippen molar-refractivity contribution in [3.05, 3.63) is 45.0 Å². The average Bonchev–Trinajstić information content (AvgIpc) is 3.56. The number of halogens is 2. The molecule has 1 aromatic carbocycles. The molecule has 2 aliphatic carbocycles. The third-order valence-electron chi connectivity index (χ3n) is 6.38. The standard InChI is InChI=1S/C19H17ClIN5O2/c20-18-24-16(22-6-9-2-1-3-10(21)4-9)12-17(25-18)26(8-23-12)13-11-5-19(11,7-27)15-14(13)28-15/h1-4,8,11,13-15,27H,5-7H2,(H,22,24,25)/t11-,13-,14+,15+,19+/m1/s1. The number of nitrogens with one attached hydrogen (secondary N) is 1. The Hall–Kier alpha value is -1.49. The predicted octanol–water partition coefficient (Wildman–Crippen LogP) is 3.02. The van der Waals surface area contributed by atoms with Crippen molar-refractivity contribution in [2.24, 2.45) is 11.3 Å². The van der Waals surface area contributed by atoms with Gasteiger partial charge < -0.3 is 19.7 Å². The van der Waals surface area contributed by atoms with Crippen LogP contribution in [0.4, 0.5) is 5.82 Å². The lowest BCUT2D eigenvalue weighted by Crippen LogP contribution is -2.16. The highest BCUT2D eigenvalue weighted by molar-refractivity contribution is 14.1. The largest absolute Gasteiger partial charge is 0.396 e. The van der Waals surface area contributed by atoms with Gasteiger partial charge in [0.2, 0.25) is 5.28 Å². The summed E-state index contributed by atoms with van der Waals surface area (Å²) >= 11 is 8.54. The zero-order valence-electron chi connectivity index (χ0n) is 14.7. The van der Waals surface area contributed by atoms with Crippen molar-refractivity contribution < 1.29 is 9.84 Å². The number of nitrogens with zero attached hydrogens (tertiary/aromatic N) is 4. The van der Waals surface area contributed by atoms with E-state index in [0.29, 0.717) is 29.4 Å². The van der Waals surface area contributed by atoms with Gasteiger partial charge in [-0.3, -0.25) is 0 Å². The maximum Gasteiger partial charge on any atom is 0.226 e. The van der Waals surface area contributed by atoms with E-state index in [-0.39, 0.29) is 35.6 Å². The van der Waals surface area contributed by atoms with Gasteiger partial charge in [-0.25, -0.2) is 4.98 Å². The number of hydrogen-bond acceptors (Lipinski definition) is 6. The van der Waals surface area contributed by atoms with E-state index in [4.69, 9.17) is 16.3 Å². The SMILES string of the molecule is OC[C@@]12C[C@@H]1[C@@H](n1cnc3c(NCc4cccc(I)c4)nc(Cl)nc31)[C@@H]1O[C@@H]12. The molecular formula is C19H17ClIN5O2. The molecule has 3 aliphatic rings. The van der Waals surface area contributed by atoms with Gasteiger partial charge in [-0.15, -0.1) is 0 Å². The molecular weight excluding hydrogens is 493 g/mol. The molecule has 144 valence electrons. The highest BCUT2D eigenvalue weighted by Crippen LogP contribution is 2.74. The highest BCUT2D eigenvalue weighted by atomic mass is 127. The number of fused-ring (bicyclic) bond motifs is 4. The van der Waals surface area contributed by atoms with Crippen molar-refractivity contribution in [3.63, 3.8) is 0 Å². The molecule has 9 heteroatoms. The Kier molecular flexibility index (Phi) is 3.73. The molecule has 2 saturated carbocycles. The molecule has 28 heavy (non-hydrogen) atoms. The van der Waals surface area contributed by atoms with Gasteiger partial charge >= 0.3 is 0 Å². The molecule has 3 aromatic rings. The van der Waals surface area contributed by atoms with Crippen LogP contribution in [-0.2, 0) is 11.3 Å². The minimum atomic E-state index is -0.0612. The Morgan fingerprint density at radius 1 is 1.39 bits per heavy atom. The van der Waals surface area contributed by atoms with Crippen molar-refractivity contribution in [2.45, 2.75) is 31.2 Å². The molecule has 6 rings (SSSR count). The molecule has 0 radical (unpaired) electrons. The van der Waals surface area contributed by atoms with E-state index in [2.05, 4.69) is 65.6 Å². The van der Waals surface area contributed by atoms with Gasteiger partial charge in [-0.1, -0.05) is 12.1 Å². The van der Waals surface area contributed by atoms with Gasteiger partial charge in [-0.05, 0) is 64.2 Å². The van der Waals surface area contributed by atoms with Crippen LogP contribution in [0, 0.1) is 14.9 Å². The number of rotatable bonds is 5. The number of epoxide rings is 1. The number of aliphatic hydroxyl groups is 1. The van der Waals surface area contributed by atoms with Crippen molar-refractivity contribution in [2.75, 3.05) is 11.9 Å². The fraction of sp³-hybridized carbons (Fsp3) is 0.421. The van der Waals surface area contributed by atoms with Crippen LogP contribution in [0.2, 0.25) is 5.28 Å². The first-order valence-electron chi connectivity index (χ1n) is 9.25.